The van der Waals surface area contributed by atoms with Gasteiger partial charge in [0, 0.05) is 58.6 Å². The SMILES string of the molecule is CCCCCCCCCCCC(=O)c1cccc[n+]1OCC.CCCCCCCCCCCC(=O)c1cccc[n+]1OCC.[O-]B([O-])OCCCC(c1ccccc1)(c1ccccc1)c1ccccc1. The summed E-state index contributed by atoms with van der Waals surface area (Å²) in [4.78, 5) is 35.4. The first kappa shape index (κ1) is 59.2. The summed E-state index contributed by atoms with van der Waals surface area (Å²) in [5.74, 6) is 0.356. The molecule has 5 aromatic rings. The Balaban J connectivity index is 0.000000280. The van der Waals surface area contributed by atoms with Crippen molar-refractivity contribution in [2.24, 2.45) is 0 Å². The lowest BCUT2D eigenvalue weighted by Gasteiger charge is -2.37. The van der Waals surface area contributed by atoms with Gasteiger partial charge in [-0.25, -0.2) is 0 Å². The van der Waals surface area contributed by atoms with Gasteiger partial charge in [-0.3, -0.25) is 19.3 Å². The lowest BCUT2D eigenvalue weighted by molar-refractivity contribution is -0.892. The van der Waals surface area contributed by atoms with Crippen LogP contribution in [0.2, 0.25) is 0 Å². The molecule has 10 heteroatoms. The van der Waals surface area contributed by atoms with E-state index in [1.54, 1.807) is 21.9 Å². The number of carbonyl (C=O) groups is 2. The van der Waals surface area contributed by atoms with Crippen LogP contribution in [0.1, 0.15) is 207 Å². The van der Waals surface area contributed by atoms with E-state index in [4.69, 9.17) is 14.3 Å². The number of nitrogens with zero attached hydrogens (tertiary/aromatic N) is 2. The van der Waals surface area contributed by atoms with Crippen LogP contribution in [0.15, 0.2) is 140 Å². The van der Waals surface area contributed by atoms with Crippen molar-refractivity contribution < 1.29 is 43.4 Å². The predicted octanol–water partition coefficient (Wildman–Crippen LogP) is 11.6. The molecule has 0 unspecified atom stereocenters. The number of hydrogen-bond acceptors (Lipinski definition) is 7. The molecule has 380 valence electrons. The first-order chi connectivity index (χ1) is 34.3. The summed E-state index contributed by atoms with van der Waals surface area (Å²) in [6.45, 7) is 9.63. The van der Waals surface area contributed by atoms with Gasteiger partial charge in [0.1, 0.15) is 0 Å². The Bertz CT molecular complexity index is 1890. The maximum Gasteiger partial charge on any atom is 0.300 e. The number of hydrogen-bond donors (Lipinski definition) is 0. The molecule has 3 aromatic carbocycles. The van der Waals surface area contributed by atoms with Crippen LogP contribution in [0.4, 0.5) is 0 Å². The molecule has 9 nitrogen and oxygen atoms in total. The van der Waals surface area contributed by atoms with Gasteiger partial charge in [-0.15, -0.1) is 0 Å². The Morgan fingerprint density at radius 2 is 0.771 bits per heavy atom. The molecular formula is C60H85BN2O7. The zero-order chi connectivity index (χ0) is 50.3. The summed E-state index contributed by atoms with van der Waals surface area (Å²) in [7, 11) is -2.23. The van der Waals surface area contributed by atoms with Gasteiger partial charge in [0.15, 0.2) is 13.2 Å². The van der Waals surface area contributed by atoms with E-state index in [0.29, 0.717) is 43.9 Å². The second kappa shape index (κ2) is 37.6. The maximum absolute atomic E-state index is 12.2. The lowest BCUT2D eigenvalue weighted by Crippen LogP contribution is -2.48. The number of carbonyl (C=O) groups excluding carboxylic acids is 2. The fraction of sp³-hybridized carbons (Fsp3) is 0.500. The molecule has 0 saturated heterocycles. The third kappa shape index (κ3) is 22.7. The second-order valence-corrected chi connectivity index (χ2v) is 17.9. The Morgan fingerprint density at radius 3 is 1.10 bits per heavy atom. The van der Waals surface area contributed by atoms with Crippen LogP contribution in [0, 0.1) is 0 Å². The van der Waals surface area contributed by atoms with E-state index >= 15 is 0 Å². The molecule has 70 heavy (non-hydrogen) atoms. The van der Waals surface area contributed by atoms with Crippen molar-refractivity contribution in [1.29, 1.82) is 0 Å². The number of unbranched alkanes of at least 4 members (excludes halogenated alkanes) is 16. The van der Waals surface area contributed by atoms with Crippen LogP contribution in [0.25, 0.3) is 0 Å². The van der Waals surface area contributed by atoms with Gasteiger partial charge in [-0.1, -0.05) is 208 Å². The third-order valence-corrected chi connectivity index (χ3v) is 12.5. The summed E-state index contributed by atoms with van der Waals surface area (Å²) >= 11 is 0. The molecule has 2 heterocycles. The quantitative estimate of drug-likeness (QED) is 0.0133. The average Bonchev–Trinajstić information content (AvgIpc) is 3.39. The monoisotopic (exact) mass is 957 g/mol. The molecule has 0 spiro atoms. The minimum Gasteiger partial charge on any atom is -0.871 e. The highest BCUT2D eigenvalue weighted by Crippen LogP contribution is 2.43. The van der Waals surface area contributed by atoms with Crippen molar-refractivity contribution in [1.82, 2.24) is 0 Å². The topological polar surface area (TPSA) is 116 Å². The second-order valence-electron chi connectivity index (χ2n) is 17.9. The smallest absolute Gasteiger partial charge is 0.300 e. The highest BCUT2D eigenvalue weighted by atomic mass is 16.7. The predicted molar refractivity (Wildman–Crippen MR) is 280 cm³/mol. The molecule has 0 N–H and O–H groups in total. The highest BCUT2D eigenvalue weighted by Gasteiger charge is 2.35. The molecule has 2 aromatic heterocycles. The van der Waals surface area contributed by atoms with Crippen LogP contribution < -0.4 is 29.2 Å². The fourth-order valence-electron chi connectivity index (χ4n) is 8.86. The zero-order valence-electron chi connectivity index (χ0n) is 43.3. The van der Waals surface area contributed by atoms with Crippen molar-refractivity contribution in [2.75, 3.05) is 19.8 Å². The molecular weight excluding hydrogens is 871 g/mol. The van der Waals surface area contributed by atoms with E-state index in [0.717, 1.165) is 32.1 Å². The van der Waals surface area contributed by atoms with E-state index < -0.39 is 7.32 Å². The number of aromatic nitrogens is 2. The maximum atomic E-state index is 12.2. The lowest BCUT2D eigenvalue weighted by atomic mass is 9.67. The molecule has 0 atom stereocenters. The van der Waals surface area contributed by atoms with Crippen LogP contribution in [-0.2, 0) is 10.1 Å². The van der Waals surface area contributed by atoms with Crippen molar-refractivity contribution in [2.45, 2.75) is 174 Å². The molecule has 0 saturated carbocycles. The Kier molecular flexibility index (Phi) is 31.8. The summed E-state index contributed by atoms with van der Waals surface area (Å²) in [6.07, 6.45) is 29.1. The fourth-order valence-corrected chi connectivity index (χ4v) is 8.86. The van der Waals surface area contributed by atoms with Crippen molar-refractivity contribution in [3.05, 3.63) is 168 Å². The van der Waals surface area contributed by atoms with Crippen molar-refractivity contribution >= 4 is 18.9 Å². The number of benzene rings is 3. The summed E-state index contributed by atoms with van der Waals surface area (Å²) in [5, 5.41) is 21.4. The van der Waals surface area contributed by atoms with Crippen LogP contribution >= 0.6 is 0 Å². The number of Topliss-reactive ketones (excluding diaryl/α,β-unsaturated/α-hetero) is 2. The molecule has 0 bridgehead atoms. The summed E-state index contributed by atoms with van der Waals surface area (Å²) < 4.78 is 7.92. The van der Waals surface area contributed by atoms with Crippen LogP contribution in [0.5, 0.6) is 0 Å². The largest absolute Gasteiger partial charge is 0.871 e. The van der Waals surface area contributed by atoms with Crippen LogP contribution in [0.3, 0.4) is 0 Å². The van der Waals surface area contributed by atoms with E-state index in [-0.39, 0.29) is 23.6 Å². The van der Waals surface area contributed by atoms with Gasteiger partial charge < -0.3 is 14.7 Å². The van der Waals surface area contributed by atoms with Crippen LogP contribution in [-0.4, -0.2) is 38.7 Å². The van der Waals surface area contributed by atoms with Crippen molar-refractivity contribution in [3.8, 4) is 0 Å². The van der Waals surface area contributed by atoms with Gasteiger partial charge in [0.2, 0.25) is 24.0 Å². The minimum absolute atomic E-state index is 0.159. The standard InChI is InChI=1S/C22H21BO3.2C19H32NO2/c24-23(25)26-18-10-17-22(19-11-4-1-5-12-19,20-13-6-2-7-14-20)21-15-8-3-9-16-21;2*1-3-5-6-7-8-9-10-11-12-16-19(21)18-15-13-14-17-20(18)22-4-2/h1-9,11-16H,10,17-18H2;2*13-15,17H,3-12,16H2,1-2H3/q-2;2*+1. The Hall–Kier alpha value is -5.16. The molecule has 0 aliphatic carbocycles. The molecule has 0 amide bonds. The summed E-state index contributed by atoms with van der Waals surface area (Å²) in [6, 6.07) is 42.2. The van der Waals surface area contributed by atoms with E-state index in [9.17, 15) is 19.6 Å². The molecule has 0 radical (unpaired) electrons. The van der Waals surface area contributed by atoms with E-state index in [1.165, 1.54) is 107 Å². The van der Waals surface area contributed by atoms with Gasteiger partial charge >= 0.3 is 0 Å². The minimum atomic E-state index is -2.23. The van der Waals surface area contributed by atoms with Crippen molar-refractivity contribution in [3.63, 3.8) is 0 Å². The summed E-state index contributed by atoms with van der Waals surface area (Å²) in [5.41, 5.74) is 4.48. The number of ketones is 2. The average molecular weight is 957 g/mol. The van der Waals surface area contributed by atoms with E-state index in [2.05, 4.69) is 50.2 Å². The molecule has 5 rings (SSSR count). The number of pyridine rings is 2. The molecule has 0 aliphatic rings. The van der Waals surface area contributed by atoms with Gasteiger partial charge in [0.25, 0.3) is 11.4 Å². The normalized spacial score (nSPS) is 10.9. The number of rotatable bonds is 34. The zero-order valence-corrected chi connectivity index (χ0v) is 43.3. The molecule has 0 fully saturated rings. The van der Waals surface area contributed by atoms with E-state index in [1.807, 2.05) is 105 Å². The van der Waals surface area contributed by atoms with Gasteiger partial charge in [-0.2, -0.15) is 0 Å². The first-order valence-electron chi connectivity index (χ1n) is 26.8. The molecule has 0 aliphatic heterocycles. The Morgan fingerprint density at radius 1 is 0.443 bits per heavy atom. The van der Waals surface area contributed by atoms with Gasteiger partial charge in [-0.05, 0) is 68.4 Å². The Labute approximate surface area is 422 Å². The van der Waals surface area contributed by atoms with Gasteiger partial charge in [0.05, 0.1) is 7.32 Å². The first-order valence-corrected chi connectivity index (χ1v) is 26.8. The highest BCUT2D eigenvalue weighted by molar-refractivity contribution is 6.28. The third-order valence-electron chi connectivity index (χ3n) is 12.5.